The molecule has 0 spiro atoms. The Bertz CT molecular complexity index is 597. The van der Waals surface area contributed by atoms with Gasteiger partial charge >= 0.3 is 6.03 Å². The molecule has 23 heavy (non-hydrogen) atoms. The van der Waals surface area contributed by atoms with E-state index in [-0.39, 0.29) is 30.1 Å². The van der Waals surface area contributed by atoms with Crippen LogP contribution in [0.1, 0.15) is 12.8 Å². The molecule has 3 fully saturated rings. The second-order valence-corrected chi connectivity index (χ2v) is 6.48. The number of hydrogen-bond acceptors (Lipinski definition) is 4. The van der Waals surface area contributed by atoms with Gasteiger partial charge in [-0.3, -0.25) is 9.69 Å². The topological polar surface area (TPSA) is 53.1 Å². The fourth-order valence-electron chi connectivity index (χ4n) is 3.97. The molecule has 0 aromatic heterocycles. The van der Waals surface area contributed by atoms with Crippen LogP contribution in [0, 0.1) is 0 Å². The van der Waals surface area contributed by atoms with Crippen molar-refractivity contribution in [2.75, 3.05) is 31.6 Å². The number of fused-ring (bicyclic) bond motifs is 1. The molecule has 3 heterocycles. The van der Waals surface area contributed by atoms with Crippen molar-refractivity contribution in [1.29, 1.82) is 0 Å². The Labute approximate surface area is 135 Å². The highest BCUT2D eigenvalue weighted by Crippen LogP contribution is 2.33. The van der Waals surface area contributed by atoms with Crippen molar-refractivity contribution < 1.29 is 14.3 Å². The molecule has 3 saturated heterocycles. The van der Waals surface area contributed by atoms with Crippen LogP contribution in [0.4, 0.5) is 10.5 Å². The number of imide groups is 1. The van der Waals surface area contributed by atoms with Crippen LogP contribution >= 0.6 is 0 Å². The fourth-order valence-corrected chi connectivity index (χ4v) is 3.97. The summed E-state index contributed by atoms with van der Waals surface area (Å²) < 4.78 is 5.31. The zero-order chi connectivity index (χ0) is 16.0. The SMILES string of the molecule is CO[C@@H]1C[C@@H]2C(=O)N([C@H]3CCN(c4ccccc4)C3)C(=O)N2C1. The number of carbonyl (C=O) groups is 2. The van der Waals surface area contributed by atoms with E-state index in [1.165, 1.54) is 4.90 Å². The summed E-state index contributed by atoms with van der Waals surface area (Å²) in [6.07, 6.45) is 1.44. The van der Waals surface area contributed by atoms with Crippen molar-refractivity contribution in [3.63, 3.8) is 0 Å². The molecule has 1 aromatic rings. The average Bonchev–Trinajstić information content (AvgIpc) is 3.26. The number of urea groups is 1. The number of hydrogen-bond donors (Lipinski definition) is 0. The first-order valence-corrected chi connectivity index (χ1v) is 8.15. The van der Waals surface area contributed by atoms with E-state index in [2.05, 4.69) is 17.0 Å². The summed E-state index contributed by atoms with van der Waals surface area (Å²) in [5.41, 5.74) is 1.15. The minimum atomic E-state index is -0.321. The van der Waals surface area contributed by atoms with Crippen LogP contribution in [-0.2, 0) is 9.53 Å². The number of ether oxygens (including phenoxy) is 1. The maximum atomic E-state index is 12.7. The monoisotopic (exact) mass is 315 g/mol. The lowest BCUT2D eigenvalue weighted by Gasteiger charge is -2.24. The van der Waals surface area contributed by atoms with Gasteiger partial charge in [-0.1, -0.05) is 18.2 Å². The van der Waals surface area contributed by atoms with Gasteiger partial charge < -0.3 is 14.5 Å². The molecule has 3 aliphatic heterocycles. The zero-order valence-electron chi connectivity index (χ0n) is 13.2. The summed E-state index contributed by atoms with van der Waals surface area (Å²) >= 11 is 0. The molecule has 0 bridgehead atoms. The predicted octanol–water partition coefficient (Wildman–Crippen LogP) is 1.32. The summed E-state index contributed by atoms with van der Waals surface area (Å²) in [7, 11) is 1.63. The van der Waals surface area contributed by atoms with Crippen LogP contribution in [0.25, 0.3) is 0 Å². The molecule has 0 unspecified atom stereocenters. The molecule has 4 rings (SSSR count). The van der Waals surface area contributed by atoms with E-state index in [1.807, 2.05) is 18.2 Å². The van der Waals surface area contributed by atoms with Gasteiger partial charge in [-0.15, -0.1) is 0 Å². The van der Waals surface area contributed by atoms with Gasteiger partial charge in [0.1, 0.15) is 6.04 Å². The highest BCUT2D eigenvalue weighted by molar-refractivity contribution is 6.05. The second kappa shape index (κ2) is 5.53. The molecule has 3 aliphatic rings. The lowest BCUT2D eigenvalue weighted by molar-refractivity contribution is -0.129. The van der Waals surface area contributed by atoms with E-state index < -0.39 is 0 Å². The van der Waals surface area contributed by atoms with Crippen molar-refractivity contribution >= 4 is 17.6 Å². The second-order valence-electron chi connectivity index (χ2n) is 6.48. The molecule has 0 N–H and O–H groups in total. The van der Waals surface area contributed by atoms with Crippen molar-refractivity contribution in [2.45, 2.75) is 31.0 Å². The summed E-state index contributed by atoms with van der Waals surface area (Å²) in [6.45, 7) is 2.12. The standard InChI is InChI=1S/C17H21N3O3/c1-23-14-9-15-16(21)20(17(22)19(15)11-14)13-7-8-18(10-13)12-5-3-2-4-6-12/h2-6,13-15H,7-11H2,1H3/t13-,14+,15+/m0/s1. The number of anilines is 1. The molecule has 0 saturated carbocycles. The number of rotatable bonds is 3. The minimum absolute atomic E-state index is 0.0144. The van der Waals surface area contributed by atoms with E-state index in [0.29, 0.717) is 13.0 Å². The van der Waals surface area contributed by atoms with Crippen LogP contribution in [-0.4, -0.2) is 66.7 Å². The number of methoxy groups -OCH3 is 1. The normalized spacial score (nSPS) is 30.5. The zero-order valence-corrected chi connectivity index (χ0v) is 13.2. The van der Waals surface area contributed by atoms with Crippen LogP contribution in [0.2, 0.25) is 0 Å². The van der Waals surface area contributed by atoms with Crippen LogP contribution < -0.4 is 4.90 Å². The van der Waals surface area contributed by atoms with E-state index >= 15 is 0 Å². The molecule has 0 aliphatic carbocycles. The van der Waals surface area contributed by atoms with Crippen molar-refractivity contribution in [1.82, 2.24) is 9.80 Å². The number of carbonyl (C=O) groups excluding carboxylic acids is 2. The Morgan fingerprint density at radius 2 is 1.91 bits per heavy atom. The fraction of sp³-hybridized carbons (Fsp3) is 0.529. The molecule has 3 atom stereocenters. The maximum absolute atomic E-state index is 12.7. The molecular weight excluding hydrogens is 294 g/mol. The van der Waals surface area contributed by atoms with Gasteiger partial charge in [-0.05, 0) is 18.6 Å². The third-order valence-corrected chi connectivity index (χ3v) is 5.22. The third-order valence-electron chi connectivity index (χ3n) is 5.22. The first-order chi connectivity index (χ1) is 11.2. The first kappa shape index (κ1) is 14.5. The van der Waals surface area contributed by atoms with Crippen molar-refractivity contribution in [3.8, 4) is 0 Å². The number of amides is 3. The number of para-hydroxylation sites is 1. The smallest absolute Gasteiger partial charge is 0.327 e. The van der Waals surface area contributed by atoms with Gasteiger partial charge in [0.05, 0.1) is 12.1 Å². The largest absolute Gasteiger partial charge is 0.380 e. The Kier molecular flexibility index (Phi) is 3.49. The lowest BCUT2D eigenvalue weighted by Crippen LogP contribution is -2.44. The van der Waals surface area contributed by atoms with E-state index in [4.69, 9.17) is 4.74 Å². The van der Waals surface area contributed by atoms with E-state index in [0.717, 1.165) is 25.2 Å². The van der Waals surface area contributed by atoms with Crippen LogP contribution in [0.5, 0.6) is 0 Å². The third kappa shape index (κ3) is 2.28. The van der Waals surface area contributed by atoms with Gasteiger partial charge in [0.25, 0.3) is 5.91 Å². The molecule has 0 radical (unpaired) electrons. The summed E-state index contributed by atoms with van der Waals surface area (Å²) in [5.74, 6) is -0.0468. The average molecular weight is 315 g/mol. The van der Waals surface area contributed by atoms with E-state index in [1.54, 1.807) is 12.0 Å². The number of benzene rings is 1. The minimum Gasteiger partial charge on any atom is -0.380 e. The predicted molar refractivity (Wildman–Crippen MR) is 85.2 cm³/mol. The maximum Gasteiger partial charge on any atom is 0.327 e. The molecular formula is C17H21N3O3. The summed E-state index contributed by atoms with van der Waals surface area (Å²) in [4.78, 5) is 30.7. The van der Waals surface area contributed by atoms with Gasteiger partial charge in [0.2, 0.25) is 0 Å². The van der Waals surface area contributed by atoms with Crippen LogP contribution in [0.15, 0.2) is 30.3 Å². The molecule has 1 aromatic carbocycles. The Balaban J connectivity index is 1.48. The highest BCUT2D eigenvalue weighted by Gasteiger charge is 2.53. The van der Waals surface area contributed by atoms with E-state index in [9.17, 15) is 9.59 Å². The molecule has 3 amide bonds. The summed E-state index contributed by atoms with van der Waals surface area (Å²) in [6, 6.07) is 9.66. The molecule has 6 nitrogen and oxygen atoms in total. The lowest BCUT2D eigenvalue weighted by atomic mass is 10.1. The van der Waals surface area contributed by atoms with Gasteiger partial charge in [0.15, 0.2) is 0 Å². The number of nitrogens with zero attached hydrogens (tertiary/aromatic N) is 3. The summed E-state index contributed by atoms with van der Waals surface area (Å²) in [5, 5.41) is 0. The van der Waals surface area contributed by atoms with Crippen molar-refractivity contribution in [3.05, 3.63) is 30.3 Å². The van der Waals surface area contributed by atoms with Gasteiger partial charge in [-0.25, -0.2) is 4.79 Å². The highest BCUT2D eigenvalue weighted by atomic mass is 16.5. The molecule has 6 heteroatoms. The Hall–Kier alpha value is -2.08. The Morgan fingerprint density at radius 1 is 1.13 bits per heavy atom. The quantitative estimate of drug-likeness (QED) is 0.790. The first-order valence-electron chi connectivity index (χ1n) is 8.15. The van der Waals surface area contributed by atoms with Gasteiger partial charge in [0, 0.05) is 38.9 Å². The Morgan fingerprint density at radius 3 is 2.61 bits per heavy atom. The van der Waals surface area contributed by atoms with Gasteiger partial charge in [-0.2, -0.15) is 0 Å². The van der Waals surface area contributed by atoms with Crippen molar-refractivity contribution in [2.24, 2.45) is 0 Å². The van der Waals surface area contributed by atoms with Crippen LogP contribution in [0.3, 0.4) is 0 Å². The molecule has 122 valence electrons.